The van der Waals surface area contributed by atoms with Crippen LogP contribution in [0.4, 0.5) is 11.4 Å². The third-order valence-electron chi connectivity index (χ3n) is 4.79. The van der Waals surface area contributed by atoms with Crippen molar-refractivity contribution in [3.63, 3.8) is 0 Å². The number of amides is 1. The van der Waals surface area contributed by atoms with Crippen molar-refractivity contribution in [1.82, 2.24) is 0 Å². The molecule has 3 aromatic carbocycles. The van der Waals surface area contributed by atoms with Crippen LogP contribution in [-0.4, -0.2) is 28.5 Å². The molecule has 0 aliphatic rings. The lowest BCUT2D eigenvalue weighted by Gasteiger charge is -2.22. The van der Waals surface area contributed by atoms with Gasteiger partial charge in [-0.1, -0.05) is 24.3 Å². The highest BCUT2D eigenvalue weighted by Crippen LogP contribution is 2.31. The Hall–Kier alpha value is -3.83. The van der Waals surface area contributed by atoms with E-state index in [1.807, 2.05) is 6.07 Å². The number of carbonyl (C=O) groups is 1. The fourth-order valence-electron chi connectivity index (χ4n) is 3.05. The molecule has 0 fully saturated rings. The summed E-state index contributed by atoms with van der Waals surface area (Å²) in [5, 5.41) is 11.7. The lowest BCUT2D eigenvalue weighted by atomic mass is 10.1. The summed E-state index contributed by atoms with van der Waals surface area (Å²) in [5.74, 6) is -0.0550. The Morgan fingerprint density at radius 1 is 1.06 bits per heavy atom. The molecule has 0 saturated heterocycles. The Labute approximate surface area is 181 Å². The smallest absolute Gasteiger partial charge is 0.264 e. The standard InChI is InChI=1S/C23H21N3O4S/c1-16-11-12-19(31(28,29)26(2)21-9-4-5-10-22(21)30-3)14-20(16)23(27)25-18-8-6-7-17(13-18)15-24/h4-14H,1-3H3,(H,25,27). The van der Waals surface area contributed by atoms with Gasteiger partial charge in [0.25, 0.3) is 15.9 Å². The highest BCUT2D eigenvalue weighted by atomic mass is 32.2. The summed E-state index contributed by atoms with van der Waals surface area (Å²) in [7, 11) is -1.05. The van der Waals surface area contributed by atoms with E-state index in [-0.39, 0.29) is 10.5 Å². The van der Waals surface area contributed by atoms with Crippen LogP contribution in [0.25, 0.3) is 0 Å². The van der Waals surface area contributed by atoms with Crippen molar-refractivity contribution in [2.75, 3.05) is 23.8 Å². The number of nitrogens with one attached hydrogen (secondary N) is 1. The maximum atomic E-state index is 13.2. The first-order chi connectivity index (χ1) is 14.8. The molecule has 0 aliphatic carbocycles. The molecule has 0 atom stereocenters. The number of aryl methyl sites for hydroxylation is 1. The summed E-state index contributed by atoms with van der Waals surface area (Å²) in [5.41, 5.74) is 2.07. The molecule has 0 aromatic heterocycles. The molecule has 3 rings (SSSR count). The number of benzene rings is 3. The molecule has 0 unspecified atom stereocenters. The maximum absolute atomic E-state index is 13.2. The van der Waals surface area contributed by atoms with Gasteiger partial charge in [0.15, 0.2) is 0 Å². The SMILES string of the molecule is COc1ccccc1N(C)S(=O)(=O)c1ccc(C)c(C(=O)Nc2cccc(C#N)c2)c1. The first kappa shape index (κ1) is 21.9. The zero-order valence-electron chi connectivity index (χ0n) is 17.3. The van der Waals surface area contributed by atoms with Gasteiger partial charge in [-0.15, -0.1) is 0 Å². The average Bonchev–Trinajstić information content (AvgIpc) is 2.78. The number of anilines is 2. The highest BCUT2D eigenvalue weighted by Gasteiger charge is 2.25. The van der Waals surface area contributed by atoms with E-state index in [1.165, 1.54) is 26.3 Å². The number of carbonyl (C=O) groups excluding carboxylic acids is 1. The zero-order valence-corrected chi connectivity index (χ0v) is 18.1. The van der Waals surface area contributed by atoms with Crippen molar-refractivity contribution >= 4 is 27.3 Å². The Morgan fingerprint density at radius 3 is 2.52 bits per heavy atom. The number of ether oxygens (including phenoxy) is 1. The van der Waals surface area contributed by atoms with Crippen molar-refractivity contribution in [2.24, 2.45) is 0 Å². The number of hydrogen-bond acceptors (Lipinski definition) is 5. The first-order valence-electron chi connectivity index (χ1n) is 9.32. The molecule has 0 radical (unpaired) electrons. The quantitative estimate of drug-likeness (QED) is 0.632. The molecule has 0 heterocycles. The van der Waals surface area contributed by atoms with Crippen LogP contribution in [0.1, 0.15) is 21.5 Å². The van der Waals surface area contributed by atoms with E-state index < -0.39 is 15.9 Å². The van der Waals surface area contributed by atoms with Gasteiger partial charge in [0.2, 0.25) is 0 Å². The van der Waals surface area contributed by atoms with E-state index in [4.69, 9.17) is 10.00 Å². The van der Waals surface area contributed by atoms with Gasteiger partial charge in [-0.3, -0.25) is 9.10 Å². The topological polar surface area (TPSA) is 99.5 Å². The van der Waals surface area contributed by atoms with Gasteiger partial charge in [-0.25, -0.2) is 8.42 Å². The highest BCUT2D eigenvalue weighted by molar-refractivity contribution is 7.92. The number of hydrogen-bond donors (Lipinski definition) is 1. The van der Waals surface area contributed by atoms with Crippen LogP contribution in [0.15, 0.2) is 71.6 Å². The molecule has 0 aliphatic heterocycles. The number of sulfonamides is 1. The van der Waals surface area contributed by atoms with Gasteiger partial charge in [-0.05, 0) is 55.0 Å². The summed E-state index contributed by atoms with van der Waals surface area (Å²) in [6, 6.07) is 19.7. The largest absolute Gasteiger partial charge is 0.495 e. The molecule has 0 bridgehead atoms. The van der Waals surface area contributed by atoms with Gasteiger partial charge in [0.05, 0.1) is 29.3 Å². The average molecular weight is 436 g/mol. The minimum Gasteiger partial charge on any atom is -0.495 e. The van der Waals surface area contributed by atoms with Crippen LogP contribution in [0.3, 0.4) is 0 Å². The molecule has 0 spiro atoms. The molecular formula is C23H21N3O4S. The number of nitriles is 1. The van der Waals surface area contributed by atoms with Crippen molar-refractivity contribution in [3.8, 4) is 11.8 Å². The van der Waals surface area contributed by atoms with Crippen molar-refractivity contribution in [2.45, 2.75) is 11.8 Å². The lowest BCUT2D eigenvalue weighted by molar-refractivity contribution is 0.102. The summed E-state index contributed by atoms with van der Waals surface area (Å²) in [4.78, 5) is 12.8. The fourth-order valence-corrected chi connectivity index (χ4v) is 4.28. The van der Waals surface area contributed by atoms with Gasteiger partial charge < -0.3 is 10.1 Å². The third kappa shape index (κ3) is 4.52. The van der Waals surface area contributed by atoms with E-state index >= 15 is 0 Å². The molecular weight excluding hydrogens is 414 g/mol. The van der Waals surface area contributed by atoms with E-state index in [1.54, 1.807) is 61.5 Å². The Bertz CT molecular complexity index is 1280. The second-order valence-electron chi connectivity index (χ2n) is 6.77. The van der Waals surface area contributed by atoms with E-state index in [9.17, 15) is 13.2 Å². The minimum absolute atomic E-state index is 0.0255. The normalized spacial score (nSPS) is 10.8. The molecule has 3 aromatic rings. The molecule has 158 valence electrons. The number of nitrogens with zero attached hydrogens (tertiary/aromatic N) is 2. The zero-order chi connectivity index (χ0) is 22.6. The van der Waals surface area contributed by atoms with Crippen LogP contribution >= 0.6 is 0 Å². The van der Waals surface area contributed by atoms with Crippen molar-refractivity contribution in [1.29, 1.82) is 5.26 Å². The number of methoxy groups -OCH3 is 1. The molecule has 7 nitrogen and oxygen atoms in total. The van der Waals surface area contributed by atoms with Crippen molar-refractivity contribution < 1.29 is 17.9 Å². The first-order valence-corrected chi connectivity index (χ1v) is 10.8. The van der Waals surface area contributed by atoms with Crippen LogP contribution < -0.4 is 14.4 Å². The maximum Gasteiger partial charge on any atom is 0.264 e. The Balaban J connectivity index is 1.96. The van der Waals surface area contributed by atoms with Crippen molar-refractivity contribution in [3.05, 3.63) is 83.4 Å². The van der Waals surface area contributed by atoms with E-state index in [2.05, 4.69) is 5.32 Å². The number of para-hydroxylation sites is 2. The third-order valence-corrected chi connectivity index (χ3v) is 6.55. The summed E-state index contributed by atoms with van der Waals surface area (Å²) in [6.45, 7) is 1.72. The Kier molecular flexibility index (Phi) is 6.28. The Morgan fingerprint density at radius 2 is 1.81 bits per heavy atom. The van der Waals surface area contributed by atoms with Crippen LogP contribution in [0, 0.1) is 18.3 Å². The monoisotopic (exact) mass is 435 g/mol. The molecule has 31 heavy (non-hydrogen) atoms. The second-order valence-corrected chi connectivity index (χ2v) is 8.74. The molecule has 1 amide bonds. The fraction of sp³-hybridized carbons (Fsp3) is 0.130. The number of rotatable bonds is 6. The minimum atomic E-state index is -3.95. The van der Waals surface area contributed by atoms with Crippen LogP contribution in [0.2, 0.25) is 0 Å². The van der Waals surface area contributed by atoms with Gasteiger partial charge in [-0.2, -0.15) is 5.26 Å². The summed E-state index contributed by atoms with van der Waals surface area (Å²) >= 11 is 0. The molecule has 8 heteroatoms. The van der Waals surface area contributed by atoms with Gasteiger partial charge in [0, 0.05) is 18.3 Å². The summed E-state index contributed by atoms with van der Waals surface area (Å²) < 4.78 is 32.9. The van der Waals surface area contributed by atoms with Gasteiger partial charge >= 0.3 is 0 Å². The predicted octanol–water partition coefficient (Wildman–Crippen LogP) is 3.95. The van der Waals surface area contributed by atoms with E-state index in [0.717, 1.165) is 4.31 Å². The summed E-state index contributed by atoms with van der Waals surface area (Å²) in [6.07, 6.45) is 0. The van der Waals surface area contributed by atoms with Crippen LogP contribution in [0.5, 0.6) is 5.75 Å². The van der Waals surface area contributed by atoms with Crippen LogP contribution in [-0.2, 0) is 10.0 Å². The van der Waals surface area contributed by atoms with E-state index in [0.29, 0.717) is 28.3 Å². The molecule has 1 N–H and O–H groups in total. The predicted molar refractivity (Wildman–Crippen MR) is 119 cm³/mol. The van der Waals surface area contributed by atoms with Gasteiger partial charge in [0.1, 0.15) is 5.75 Å². The second kappa shape index (κ2) is 8.90. The lowest BCUT2D eigenvalue weighted by Crippen LogP contribution is -2.27. The molecule has 0 saturated carbocycles.